The predicted molar refractivity (Wildman–Crippen MR) is 146 cm³/mol. The van der Waals surface area contributed by atoms with Crippen LogP contribution in [-0.4, -0.2) is 23.0 Å². The maximum atomic E-state index is 14.4. The Hall–Kier alpha value is -2.66. The van der Waals surface area contributed by atoms with Gasteiger partial charge in [-0.3, -0.25) is 14.4 Å². The largest absolute Gasteiger partial charge is 0.340 e. The van der Waals surface area contributed by atoms with Crippen molar-refractivity contribution in [1.82, 2.24) is 5.32 Å². The van der Waals surface area contributed by atoms with Gasteiger partial charge >= 0.3 is 0 Å². The van der Waals surface area contributed by atoms with Gasteiger partial charge in [-0.2, -0.15) is 5.26 Å². The molecule has 7 atom stereocenters. The van der Waals surface area contributed by atoms with E-state index in [0.717, 1.165) is 50.5 Å². The lowest BCUT2D eigenvalue weighted by atomic mass is 9.35. The molecule has 0 aromatic rings. The Balaban J connectivity index is 1.69. The van der Waals surface area contributed by atoms with Gasteiger partial charge < -0.3 is 5.32 Å². The Kier molecular flexibility index (Phi) is 5.63. The summed E-state index contributed by atoms with van der Waals surface area (Å²) < 4.78 is 0. The van der Waals surface area contributed by atoms with Crippen molar-refractivity contribution in [2.24, 2.45) is 44.8 Å². The highest BCUT2D eigenvalue weighted by Crippen LogP contribution is 2.73. The van der Waals surface area contributed by atoms with E-state index < -0.39 is 16.4 Å². The number of nitrogens with one attached hydrogen (secondary N) is 1. The molecule has 5 nitrogen and oxygen atoms in total. The highest BCUT2D eigenvalue weighted by Gasteiger charge is 2.70. The highest BCUT2D eigenvalue weighted by atomic mass is 16.2. The third-order valence-electron chi connectivity index (χ3n) is 12.4. The fraction of sp³-hybridized carbons (Fsp3) is 0.697. The summed E-state index contributed by atoms with van der Waals surface area (Å²) in [6.45, 7) is 15.2. The average molecular weight is 515 g/mol. The van der Waals surface area contributed by atoms with E-state index >= 15 is 0 Å². The van der Waals surface area contributed by atoms with Gasteiger partial charge in [-0.15, -0.1) is 6.42 Å². The van der Waals surface area contributed by atoms with E-state index in [1.807, 2.05) is 26.0 Å². The number of rotatable bonds is 1. The Labute approximate surface area is 227 Å². The first-order valence-electron chi connectivity index (χ1n) is 14.2. The third kappa shape index (κ3) is 3.27. The molecule has 3 fully saturated rings. The number of fused-ring (bicyclic) bond motifs is 7. The Morgan fingerprint density at radius 3 is 2.32 bits per heavy atom. The number of terminal acetylenes is 1. The summed E-state index contributed by atoms with van der Waals surface area (Å²) in [5.41, 5.74) is -0.885. The normalized spacial score (nSPS) is 44.5. The van der Waals surface area contributed by atoms with Gasteiger partial charge in [-0.1, -0.05) is 60.1 Å². The molecule has 0 heterocycles. The minimum absolute atomic E-state index is 0.00420. The van der Waals surface area contributed by atoms with Crippen LogP contribution in [0.3, 0.4) is 0 Å². The number of carbonyl (C=O) groups is 3. The minimum atomic E-state index is -0.674. The number of allylic oxidation sites excluding steroid dienone is 4. The molecule has 38 heavy (non-hydrogen) atoms. The molecule has 0 radical (unpaired) electrons. The molecular formula is C33H42N2O3. The third-order valence-corrected chi connectivity index (χ3v) is 12.4. The van der Waals surface area contributed by atoms with E-state index in [9.17, 15) is 19.6 Å². The average Bonchev–Trinajstić information content (AvgIpc) is 2.83. The first-order chi connectivity index (χ1) is 17.5. The standard InChI is InChI=1S/C33H42N2O3/c1-9-25(37)35-33-14-12-28(2,3)18-21(33)26-22(36)16-24-30(6)17-20(19-34)27(38)29(4,5)23(30)10-11-31(24,7)32(26,8)13-15-33/h1,16-17,21,23,26H,10-15,18H2,2-8H3,(H,35,37)/t21?,23-,26?,30-,31+,32+,33?/m0/s1. The van der Waals surface area contributed by atoms with Gasteiger partial charge in [0.2, 0.25) is 0 Å². The monoisotopic (exact) mass is 514 g/mol. The molecule has 0 saturated heterocycles. The van der Waals surface area contributed by atoms with Gasteiger partial charge in [0.15, 0.2) is 11.6 Å². The van der Waals surface area contributed by atoms with Crippen molar-refractivity contribution in [2.45, 2.75) is 99.0 Å². The number of ketones is 2. The maximum absolute atomic E-state index is 14.4. The summed E-state index contributed by atoms with van der Waals surface area (Å²) in [7, 11) is 0. The molecule has 3 unspecified atom stereocenters. The van der Waals surface area contributed by atoms with E-state index in [-0.39, 0.29) is 57.0 Å². The van der Waals surface area contributed by atoms with Crippen LogP contribution < -0.4 is 5.32 Å². The number of Topliss-reactive ketones (excluding diaryl/α,β-unsaturated/α-hetero) is 1. The number of hydrogen-bond donors (Lipinski definition) is 1. The van der Waals surface area contributed by atoms with Crippen molar-refractivity contribution < 1.29 is 14.4 Å². The van der Waals surface area contributed by atoms with Gasteiger partial charge in [0.05, 0.1) is 5.57 Å². The smallest absolute Gasteiger partial charge is 0.296 e. The van der Waals surface area contributed by atoms with Gasteiger partial charge in [-0.05, 0) is 85.0 Å². The van der Waals surface area contributed by atoms with Crippen LogP contribution in [0.15, 0.2) is 23.3 Å². The van der Waals surface area contributed by atoms with Crippen molar-refractivity contribution in [3.05, 3.63) is 23.3 Å². The molecule has 1 amide bonds. The van der Waals surface area contributed by atoms with Crippen molar-refractivity contribution in [3.8, 4) is 18.4 Å². The molecule has 0 aromatic heterocycles. The molecule has 0 spiro atoms. The van der Waals surface area contributed by atoms with Gasteiger partial charge in [0.25, 0.3) is 5.91 Å². The van der Waals surface area contributed by atoms with Crippen LogP contribution in [-0.2, 0) is 14.4 Å². The SMILES string of the molecule is C#CC(=O)NC12CCC(C)(C)CC1C1C(=O)C=C3[C@@]4(C)C=C(C#N)C(=O)C(C)(C)[C@@H]4CC[C@@]3(C)[C@]1(C)CC2. The summed E-state index contributed by atoms with van der Waals surface area (Å²) >= 11 is 0. The molecule has 0 aromatic carbocycles. The summed E-state index contributed by atoms with van der Waals surface area (Å²) in [5.74, 6) is 1.72. The predicted octanol–water partition coefficient (Wildman–Crippen LogP) is 5.71. The molecule has 0 bridgehead atoms. The summed E-state index contributed by atoms with van der Waals surface area (Å²) in [5, 5.41) is 13.1. The van der Waals surface area contributed by atoms with E-state index in [0.29, 0.717) is 0 Å². The fourth-order valence-electron chi connectivity index (χ4n) is 10.1. The van der Waals surface area contributed by atoms with Crippen LogP contribution in [0.4, 0.5) is 0 Å². The molecule has 5 heteroatoms. The van der Waals surface area contributed by atoms with Crippen LogP contribution in [0, 0.1) is 68.5 Å². The minimum Gasteiger partial charge on any atom is -0.340 e. The van der Waals surface area contributed by atoms with Crippen LogP contribution in [0.5, 0.6) is 0 Å². The van der Waals surface area contributed by atoms with Gasteiger partial charge in [0.1, 0.15) is 6.07 Å². The number of hydrogen-bond acceptors (Lipinski definition) is 4. The Morgan fingerprint density at radius 2 is 1.68 bits per heavy atom. The van der Waals surface area contributed by atoms with E-state index in [4.69, 9.17) is 6.42 Å². The van der Waals surface area contributed by atoms with Gasteiger partial charge in [0, 0.05) is 22.3 Å². The molecule has 3 saturated carbocycles. The molecule has 202 valence electrons. The second-order valence-electron chi connectivity index (χ2n) is 15.0. The molecule has 5 aliphatic rings. The van der Waals surface area contributed by atoms with Crippen LogP contribution in [0.2, 0.25) is 0 Å². The van der Waals surface area contributed by atoms with Crippen molar-refractivity contribution >= 4 is 17.5 Å². The van der Waals surface area contributed by atoms with Crippen molar-refractivity contribution in [3.63, 3.8) is 0 Å². The second kappa shape index (κ2) is 7.94. The summed E-state index contributed by atoms with van der Waals surface area (Å²) in [6, 6.07) is 2.17. The van der Waals surface area contributed by atoms with E-state index in [1.54, 1.807) is 0 Å². The lowest BCUT2D eigenvalue weighted by Crippen LogP contribution is -2.69. The topological polar surface area (TPSA) is 87.0 Å². The van der Waals surface area contributed by atoms with Crippen molar-refractivity contribution in [1.29, 1.82) is 5.26 Å². The lowest BCUT2D eigenvalue weighted by molar-refractivity contribution is -0.163. The molecule has 1 N–H and O–H groups in total. The first kappa shape index (κ1) is 26.9. The molecular weight excluding hydrogens is 472 g/mol. The maximum Gasteiger partial charge on any atom is 0.296 e. The first-order valence-corrected chi connectivity index (χ1v) is 14.2. The van der Waals surface area contributed by atoms with Crippen LogP contribution >= 0.6 is 0 Å². The highest BCUT2D eigenvalue weighted by molar-refractivity contribution is 6.04. The number of amides is 1. The Bertz CT molecular complexity index is 1290. The van der Waals surface area contributed by atoms with Crippen LogP contribution in [0.25, 0.3) is 0 Å². The summed E-state index contributed by atoms with van der Waals surface area (Å²) in [6.07, 6.45) is 15.3. The van der Waals surface area contributed by atoms with E-state index in [1.165, 1.54) is 0 Å². The van der Waals surface area contributed by atoms with Crippen molar-refractivity contribution in [2.75, 3.05) is 0 Å². The zero-order valence-corrected chi connectivity index (χ0v) is 24.1. The van der Waals surface area contributed by atoms with Gasteiger partial charge in [-0.25, -0.2) is 0 Å². The lowest BCUT2D eigenvalue weighted by Gasteiger charge is -2.69. The number of carbonyl (C=O) groups excluding carboxylic acids is 3. The van der Waals surface area contributed by atoms with Crippen LogP contribution in [0.1, 0.15) is 93.4 Å². The summed E-state index contributed by atoms with van der Waals surface area (Å²) in [4.78, 5) is 40.2. The van der Waals surface area contributed by atoms with E-state index in [2.05, 4.69) is 51.9 Å². The molecule has 0 aliphatic heterocycles. The quantitative estimate of drug-likeness (QED) is 0.454. The number of nitriles is 1. The zero-order valence-electron chi connectivity index (χ0n) is 24.1. The molecule has 5 aliphatic carbocycles. The second-order valence-corrected chi connectivity index (χ2v) is 15.0. The number of nitrogens with zero attached hydrogens (tertiary/aromatic N) is 1. The fourth-order valence-corrected chi connectivity index (χ4v) is 10.1. The Morgan fingerprint density at radius 1 is 1.03 bits per heavy atom. The zero-order chi connectivity index (χ0) is 28.1. The molecule has 5 rings (SSSR count).